The fraction of sp³-hybridized carbons (Fsp3) is 0.682. The summed E-state index contributed by atoms with van der Waals surface area (Å²) in [6, 6.07) is 10.6. The van der Waals surface area contributed by atoms with Crippen LogP contribution in [0.2, 0.25) is 0 Å². The van der Waals surface area contributed by atoms with Crippen molar-refractivity contribution in [1.29, 1.82) is 0 Å². The molecule has 1 heterocycles. The van der Waals surface area contributed by atoms with E-state index in [9.17, 15) is 4.79 Å². The third kappa shape index (κ3) is 3.80. The van der Waals surface area contributed by atoms with Crippen molar-refractivity contribution in [3.05, 3.63) is 35.9 Å². The lowest BCUT2D eigenvalue weighted by molar-refractivity contribution is -0.134. The van der Waals surface area contributed by atoms with Gasteiger partial charge in [-0.05, 0) is 74.4 Å². The number of amides is 1. The highest BCUT2D eigenvalue weighted by Gasteiger charge is 2.55. The zero-order chi connectivity index (χ0) is 17.3. The summed E-state index contributed by atoms with van der Waals surface area (Å²) in [5, 5.41) is 6.85. The Labute approximate surface area is 164 Å². The molecule has 3 atom stereocenters. The summed E-state index contributed by atoms with van der Waals surface area (Å²) in [7, 11) is 0. The van der Waals surface area contributed by atoms with E-state index in [0.29, 0.717) is 11.8 Å². The molecule has 4 heteroatoms. The Morgan fingerprint density at radius 3 is 2.54 bits per heavy atom. The SMILES string of the molecule is CC1(CNC(=O)C2(Cc3ccccc3)CC3CCC2C3)CCNCC1.Cl. The van der Waals surface area contributed by atoms with E-state index in [-0.39, 0.29) is 23.2 Å². The van der Waals surface area contributed by atoms with Gasteiger partial charge in [0.2, 0.25) is 5.91 Å². The van der Waals surface area contributed by atoms with E-state index in [4.69, 9.17) is 0 Å². The van der Waals surface area contributed by atoms with Crippen LogP contribution in [-0.2, 0) is 11.2 Å². The molecule has 1 amide bonds. The topological polar surface area (TPSA) is 41.1 Å². The molecular formula is C22H33ClN2O. The van der Waals surface area contributed by atoms with Crippen LogP contribution in [0.4, 0.5) is 0 Å². The number of carbonyl (C=O) groups is 1. The Morgan fingerprint density at radius 2 is 1.92 bits per heavy atom. The Kier molecular flexibility index (Phi) is 5.98. The largest absolute Gasteiger partial charge is 0.355 e. The first kappa shape index (κ1) is 19.7. The molecule has 3 nitrogen and oxygen atoms in total. The molecule has 144 valence electrons. The van der Waals surface area contributed by atoms with Crippen molar-refractivity contribution in [1.82, 2.24) is 10.6 Å². The lowest BCUT2D eigenvalue weighted by atomic mass is 9.68. The molecule has 26 heavy (non-hydrogen) atoms. The summed E-state index contributed by atoms with van der Waals surface area (Å²) < 4.78 is 0. The van der Waals surface area contributed by atoms with Gasteiger partial charge in [-0.1, -0.05) is 43.7 Å². The fourth-order valence-electron chi connectivity index (χ4n) is 5.66. The highest BCUT2D eigenvalue weighted by atomic mass is 35.5. The molecule has 1 aliphatic heterocycles. The fourth-order valence-corrected chi connectivity index (χ4v) is 5.66. The van der Waals surface area contributed by atoms with Crippen molar-refractivity contribution in [2.24, 2.45) is 22.7 Å². The molecule has 3 aliphatic rings. The van der Waals surface area contributed by atoms with Gasteiger partial charge in [0.15, 0.2) is 0 Å². The first-order chi connectivity index (χ1) is 12.1. The highest BCUT2D eigenvalue weighted by Crippen LogP contribution is 2.57. The van der Waals surface area contributed by atoms with Crippen LogP contribution in [0.25, 0.3) is 0 Å². The molecular weight excluding hydrogens is 344 g/mol. The summed E-state index contributed by atoms with van der Waals surface area (Å²) >= 11 is 0. The van der Waals surface area contributed by atoms with Crippen LogP contribution in [-0.4, -0.2) is 25.5 Å². The maximum absolute atomic E-state index is 13.4. The summed E-state index contributed by atoms with van der Waals surface area (Å²) in [5.74, 6) is 1.69. The molecule has 2 aliphatic carbocycles. The number of rotatable bonds is 5. The van der Waals surface area contributed by atoms with E-state index in [2.05, 4.69) is 47.9 Å². The van der Waals surface area contributed by atoms with Crippen LogP contribution in [0, 0.1) is 22.7 Å². The van der Waals surface area contributed by atoms with Crippen molar-refractivity contribution in [2.75, 3.05) is 19.6 Å². The average Bonchev–Trinajstić information content (AvgIpc) is 3.23. The number of halogens is 1. The van der Waals surface area contributed by atoms with Crippen LogP contribution in [0.15, 0.2) is 30.3 Å². The lowest BCUT2D eigenvalue weighted by Crippen LogP contribution is -2.50. The van der Waals surface area contributed by atoms with Gasteiger partial charge in [-0.2, -0.15) is 0 Å². The van der Waals surface area contributed by atoms with Gasteiger partial charge in [0.25, 0.3) is 0 Å². The molecule has 0 radical (unpaired) electrons. The van der Waals surface area contributed by atoms with Gasteiger partial charge in [0.05, 0.1) is 5.41 Å². The van der Waals surface area contributed by atoms with Gasteiger partial charge < -0.3 is 10.6 Å². The van der Waals surface area contributed by atoms with E-state index < -0.39 is 0 Å². The predicted octanol–water partition coefficient (Wildman–Crippen LogP) is 3.96. The third-order valence-electron chi connectivity index (χ3n) is 7.28. The number of nitrogens with one attached hydrogen (secondary N) is 2. The third-order valence-corrected chi connectivity index (χ3v) is 7.28. The molecule has 1 aromatic carbocycles. The Hall–Kier alpha value is -1.06. The smallest absolute Gasteiger partial charge is 0.226 e. The zero-order valence-electron chi connectivity index (χ0n) is 15.9. The molecule has 2 N–H and O–H groups in total. The normalized spacial score (nSPS) is 32.0. The number of fused-ring (bicyclic) bond motifs is 2. The summed E-state index contributed by atoms with van der Waals surface area (Å²) in [4.78, 5) is 13.4. The summed E-state index contributed by atoms with van der Waals surface area (Å²) in [6.07, 6.45) is 8.16. The molecule has 3 unspecified atom stereocenters. The average molecular weight is 377 g/mol. The first-order valence-corrected chi connectivity index (χ1v) is 10.1. The quantitative estimate of drug-likeness (QED) is 0.816. The number of hydrogen-bond acceptors (Lipinski definition) is 2. The molecule has 1 saturated heterocycles. The Bertz CT molecular complexity index is 614. The second kappa shape index (κ2) is 7.90. The van der Waals surface area contributed by atoms with Crippen LogP contribution < -0.4 is 10.6 Å². The summed E-state index contributed by atoms with van der Waals surface area (Å²) in [5.41, 5.74) is 1.42. The minimum Gasteiger partial charge on any atom is -0.355 e. The first-order valence-electron chi connectivity index (χ1n) is 10.1. The minimum atomic E-state index is -0.159. The molecule has 4 rings (SSSR count). The van der Waals surface area contributed by atoms with Crippen LogP contribution in [0.5, 0.6) is 0 Å². The number of piperidine rings is 1. The maximum Gasteiger partial charge on any atom is 0.226 e. The summed E-state index contributed by atoms with van der Waals surface area (Å²) in [6.45, 7) is 5.32. The van der Waals surface area contributed by atoms with Gasteiger partial charge in [-0.25, -0.2) is 0 Å². The number of hydrogen-bond donors (Lipinski definition) is 2. The Morgan fingerprint density at radius 1 is 1.19 bits per heavy atom. The minimum absolute atomic E-state index is 0. The second-order valence-electron chi connectivity index (χ2n) is 9.14. The van der Waals surface area contributed by atoms with Crippen LogP contribution >= 0.6 is 12.4 Å². The van der Waals surface area contributed by atoms with E-state index in [1.165, 1.54) is 24.8 Å². The van der Waals surface area contributed by atoms with Crippen LogP contribution in [0.1, 0.15) is 51.0 Å². The number of benzene rings is 1. The Balaban J connectivity index is 0.00000196. The van der Waals surface area contributed by atoms with Crippen molar-refractivity contribution < 1.29 is 4.79 Å². The van der Waals surface area contributed by atoms with E-state index >= 15 is 0 Å². The van der Waals surface area contributed by atoms with Crippen molar-refractivity contribution in [2.45, 2.75) is 51.9 Å². The maximum atomic E-state index is 13.4. The van der Waals surface area contributed by atoms with Crippen LogP contribution in [0.3, 0.4) is 0 Å². The standard InChI is InChI=1S/C22H32N2O.ClH/c1-21(9-11-23-12-10-21)16-24-20(25)22(14-17-5-3-2-4-6-17)15-18-7-8-19(22)13-18;/h2-6,18-19,23H,7-16H2,1H3,(H,24,25);1H. The van der Waals surface area contributed by atoms with E-state index in [1.807, 2.05) is 0 Å². The molecule has 0 aromatic heterocycles. The highest BCUT2D eigenvalue weighted by molar-refractivity contribution is 5.85. The molecule has 2 saturated carbocycles. The molecule has 0 spiro atoms. The van der Waals surface area contributed by atoms with Crippen molar-refractivity contribution in [3.8, 4) is 0 Å². The number of carbonyl (C=O) groups excluding carboxylic acids is 1. The lowest BCUT2D eigenvalue weighted by Gasteiger charge is -2.39. The predicted molar refractivity (Wildman–Crippen MR) is 108 cm³/mol. The molecule has 3 fully saturated rings. The van der Waals surface area contributed by atoms with Crippen molar-refractivity contribution >= 4 is 18.3 Å². The molecule has 1 aromatic rings. The molecule has 2 bridgehead atoms. The monoisotopic (exact) mass is 376 g/mol. The van der Waals surface area contributed by atoms with Gasteiger partial charge in [-0.3, -0.25) is 4.79 Å². The van der Waals surface area contributed by atoms with Gasteiger partial charge in [0, 0.05) is 6.54 Å². The van der Waals surface area contributed by atoms with Gasteiger partial charge >= 0.3 is 0 Å². The van der Waals surface area contributed by atoms with Gasteiger partial charge in [0.1, 0.15) is 0 Å². The zero-order valence-corrected chi connectivity index (χ0v) is 16.7. The van der Waals surface area contributed by atoms with E-state index in [0.717, 1.165) is 51.2 Å². The van der Waals surface area contributed by atoms with Gasteiger partial charge in [-0.15, -0.1) is 12.4 Å². The van der Waals surface area contributed by atoms with Crippen molar-refractivity contribution in [3.63, 3.8) is 0 Å². The van der Waals surface area contributed by atoms with E-state index in [1.54, 1.807) is 0 Å². The second-order valence-corrected chi connectivity index (χ2v) is 9.14.